The minimum atomic E-state index is -1.04. The lowest BCUT2D eigenvalue weighted by Gasteiger charge is -2.20. The van der Waals surface area contributed by atoms with Crippen molar-refractivity contribution in [2.75, 3.05) is 6.54 Å². The van der Waals surface area contributed by atoms with Crippen LogP contribution < -0.4 is 0 Å². The number of carboxylic acid groups (broad SMARTS) is 1. The molecule has 1 heterocycles. The van der Waals surface area contributed by atoms with Gasteiger partial charge in [0.15, 0.2) is 0 Å². The highest BCUT2D eigenvalue weighted by molar-refractivity contribution is 6.30. The van der Waals surface area contributed by atoms with Gasteiger partial charge in [0.1, 0.15) is 12.6 Å². The van der Waals surface area contributed by atoms with Crippen LogP contribution in [0.5, 0.6) is 0 Å². The molecule has 2 aromatic rings. The van der Waals surface area contributed by atoms with Crippen LogP contribution in [0.2, 0.25) is 5.02 Å². The Morgan fingerprint density at radius 1 is 1.15 bits per heavy atom. The smallest absolute Gasteiger partial charge is 0.411 e. The second-order valence-corrected chi connectivity index (χ2v) is 6.52. The fourth-order valence-corrected chi connectivity index (χ4v) is 2.99. The quantitative estimate of drug-likeness (QED) is 0.873. The van der Waals surface area contributed by atoms with Crippen molar-refractivity contribution in [2.45, 2.75) is 19.1 Å². The van der Waals surface area contributed by atoms with Crippen LogP contribution in [-0.4, -0.2) is 34.7 Å². The first-order valence-electron chi connectivity index (χ1n) is 8.18. The van der Waals surface area contributed by atoms with Gasteiger partial charge >= 0.3 is 12.1 Å². The third-order valence-corrected chi connectivity index (χ3v) is 4.42. The Morgan fingerprint density at radius 2 is 1.85 bits per heavy atom. The molecule has 1 aliphatic heterocycles. The largest absolute Gasteiger partial charge is 0.480 e. The number of hydrogen-bond acceptors (Lipinski definition) is 3. The molecule has 5 nitrogen and oxygen atoms in total. The lowest BCUT2D eigenvalue weighted by atomic mass is 10.1. The number of ether oxygens (including phenoxy) is 1. The van der Waals surface area contributed by atoms with Gasteiger partial charge < -0.3 is 9.84 Å². The van der Waals surface area contributed by atoms with Crippen molar-refractivity contribution < 1.29 is 19.4 Å². The average Bonchev–Trinajstić information content (AvgIpc) is 3.07. The average molecular weight is 372 g/mol. The van der Waals surface area contributed by atoms with Gasteiger partial charge in [0.05, 0.1) is 0 Å². The molecule has 0 bridgehead atoms. The van der Waals surface area contributed by atoms with Crippen molar-refractivity contribution in [1.29, 1.82) is 0 Å². The normalized spacial score (nSPS) is 18.1. The SMILES string of the molecule is O=C(O)[C@@H]1C/C(=C/c2ccc(Cl)cc2)CN1C(=O)OCc1ccccc1. The van der Waals surface area contributed by atoms with Crippen LogP contribution in [0.3, 0.4) is 0 Å². The molecule has 1 N–H and O–H groups in total. The van der Waals surface area contributed by atoms with E-state index >= 15 is 0 Å². The Morgan fingerprint density at radius 3 is 2.50 bits per heavy atom. The molecule has 134 valence electrons. The van der Waals surface area contributed by atoms with Crippen LogP contribution in [0.4, 0.5) is 4.79 Å². The zero-order valence-corrected chi connectivity index (χ0v) is 14.7. The van der Waals surface area contributed by atoms with Crippen LogP contribution in [-0.2, 0) is 16.1 Å². The first-order chi connectivity index (χ1) is 12.5. The number of aliphatic carboxylic acids is 1. The van der Waals surface area contributed by atoms with Crippen LogP contribution in [0.25, 0.3) is 6.08 Å². The van der Waals surface area contributed by atoms with E-state index in [1.807, 2.05) is 48.5 Å². The summed E-state index contributed by atoms with van der Waals surface area (Å²) in [4.78, 5) is 25.2. The summed E-state index contributed by atoms with van der Waals surface area (Å²) in [5.41, 5.74) is 2.62. The van der Waals surface area contributed by atoms with E-state index in [1.165, 1.54) is 4.90 Å². The molecular weight excluding hydrogens is 354 g/mol. The maximum atomic E-state index is 12.4. The highest BCUT2D eigenvalue weighted by Crippen LogP contribution is 2.26. The highest BCUT2D eigenvalue weighted by atomic mass is 35.5. The third-order valence-electron chi connectivity index (χ3n) is 4.17. The number of benzene rings is 2. The Kier molecular flexibility index (Phi) is 5.58. The Hall–Kier alpha value is -2.79. The second-order valence-electron chi connectivity index (χ2n) is 6.08. The lowest BCUT2D eigenvalue weighted by Crippen LogP contribution is -2.40. The standard InChI is InChI=1S/C20H18ClNO4/c21-17-8-6-14(7-9-17)10-16-11-18(19(23)24)22(12-16)20(25)26-13-15-4-2-1-3-5-15/h1-10,18H,11-13H2,(H,23,24)/b16-10-/t18-/m0/s1. The number of likely N-dealkylation sites (tertiary alicyclic amines) is 1. The van der Waals surface area contributed by atoms with Crippen LogP contribution in [0.1, 0.15) is 17.5 Å². The predicted molar refractivity (Wildman–Crippen MR) is 98.8 cm³/mol. The Balaban J connectivity index is 1.69. The number of halogens is 1. The van der Waals surface area contributed by atoms with E-state index in [9.17, 15) is 14.7 Å². The van der Waals surface area contributed by atoms with Gasteiger partial charge in [0, 0.05) is 18.0 Å². The number of hydrogen-bond donors (Lipinski definition) is 1. The molecule has 0 aromatic heterocycles. The molecule has 1 saturated heterocycles. The van der Waals surface area contributed by atoms with E-state index in [4.69, 9.17) is 16.3 Å². The minimum absolute atomic E-state index is 0.110. The number of nitrogens with zero attached hydrogens (tertiary/aromatic N) is 1. The summed E-state index contributed by atoms with van der Waals surface area (Å²) in [7, 11) is 0. The maximum Gasteiger partial charge on any atom is 0.411 e. The molecule has 26 heavy (non-hydrogen) atoms. The summed E-state index contributed by atoms with van der Waals surface area (Å²) in [5.74, 6) is -1.04. The highest BCUT2D eigenvalue weighted by Gasteiger charge is 2.37. The van der Waals surface area contributed by atoms with E-state index in [2.05, 4.69) is 0 Å². The van der Waals surface area contributed by atoms with E-state index in [0.29, 0.717) is 5.02 Å². The number of rotatable bonds is 4. The summed E-state index contributed by atoms with van der Waals surface area (Å²) in [5, 5.41) is 10.1. The van der Waals surface area contributed by atoms with Crippen molar-refractivity contribution >= 4 is 29.7 Å². The van der Waals surface area contributed by atoms with Gasteiger partial charge in [0.25, 0.3) is 0 Å². The molecule has 0 saturated carbocycles. The zero-order chi connectivity index (χ0) is 18.5. The molecule has 0 spiro atoms. The molecule has 6 heteroatoms. The Bertz CT molecular complexity index is 817. The minimum Gasteiger partial charge on any atom is -0.480 e. The van der Waals surface area contributed by atoms with E-state index in [-0.39, 0.29) is 19.6 Å². The number of carboxylic acids is 1. The molecule has 0 aliphatic carbocycles. The molecule has 1 aliphatic rings. The molecule has 3 rings (SSSR count). The zero-order valence-electron chi connectivity index (χ0n) is 14.0. The number of carbonyl (C=O) groups is 2. The second kappa shape index (κ2) is 8.06. The summed E-state index contributed by atoms with van der Waals surface area (Å²) in [6.45, 7) is 0.339. The monoisotopic (exact) mass is 371 g/mol. The van der Waals surface area contributed by atoms with E-state index < -0.39 is 18.1 Å². The molecule has 1 fully saturated rings. The summed E-state index contributed by atoms with van der Waals surface area (Å²) in [6.07, 6.45) is 1.54. The summed E-state index contributed by atoms with van der Waals surface area (Å²) < 4.78 is 5.29. The van der Waals surface area contributed by atoms with Gasteiger partial charge in [0.2, 0.25) is 0 Å². The van der Waals surface area contributed by atoms with Gasteiger partial charge in [-0.05, 0) is 28.8 Å². The number of carbonyl (C=O) groups excluding carboxylic acids is 1. The van der Waals surface area contributed by atoms with Gasteiger partial charge in [-0.25, -0.2) is 9.59 Å². The molecular formula is C20H18ClNO4. The van der Waals surface area contributed by atoms with E-state index in [0.717, 1.165) is 16.7 Å². The molecule has 2 aromatic carbocycles. The van der Waals surface area contributed by atoms with Crippen molar-refractivity contribution in [3.63, 3.8) is 0 Å². The van der Waals surface area contributed by atoms with Crippen molar-refractivity contribution in [1.82, 2.24) is 4.90 Å². The maximum absolute atomic E-state index is 12.4. The van der Waals surface area contributed by atoms with E-state index in [1.54, 1.807) is 12.1 Å². The van der Waals surface area contributed by atoms with Crippen LogP contribution in [0, 0.1) is 0 Å². The molecule has 0 unspecified atom stereocenters. The van der Waals surface area contributed by atoms with Crippen LogP contribution >= 0.6 is 11.6 Å². The molecule has 1 amide bonds. The van der Waals surface area contributed by atoms with Crippen molar-refractivity contribution in [3.8, 4) is 0 Å². The first kappa shape index (κ1) is 18.0. The van der Waals surface area contributed by atoms with Crippen molar-refractivity contribution in [3.05, 3.63) is 76.3 Å². The number of amides is 1. The van der Waals surface area contributed by atoms with Gasteiger partial charge in [-0.15, -0.1) is 0 Å². The first-order valence-corrected chi connectivity index (χ1v) is 8.56. The van der Waals surface area contributed by atoms with Gasteiger partial charge in [-0.2, -0.15) is 0 Å². The Labute approximate surface area is 156 Å². The molecule has 1 atom stereocenters. The topological polar surface area (TPSA) is 66.8 Å². The van der Waals surface area contributed by atoms with Gasteiger partial charge in [-0.1, -0.05) is 60.1 Å². The predicted octanol–water partition coefficient (Wildman–Crippen LogP) is 4.22. The fraction of sp³-hybridized carbons (Fsp3) is 0.200. The lowest BCUT2D eigenvalue weighted by molar-refractivity contribution is -0.141. The van der Waals surface area contributed by atoms with Crippen molar-refractivity contribution in [2.24, 2.45) is 0 Å². The summed E-state index contributed by atoms with van der Waals surface area (Å²) in [6, 6.07) is 15.6. The fourth-order valence-electron chi connectivity index (χ4n) is 2.87. The third kappa shape index (κ3) is 4.43. The van der Waals surface area contributed by atoms with Crippen LogP contribution in [0.15, 0.2) is 60.2 Å². The summed E-state index contributed by atoms with van der Waals surface area (Å²) >= 11 is 5.88. The molecule has 0 radical (unpaired) electrons. The van der Waals surface area contributed by atoms with Gasteiger partial charge in [-0.3, -0.25) is 4.90 Å².